The number of urea groups is 1. The van der Waals surface area contributed by atoms with E-state index in [0.29, 0.717) is 0 Å². The Morgan fingerprint density at radius 2 is 2.05 bits per heavy atom. The van der Waals surface area contributed by atoms with E-state index >= 15 is 0 Å². The second-order valence-corrected chi connectivity index (χ2v) is 5.54. The zero-order valence-corrected chi connectivity index (χ0v) is 13.6. The van der Waals surface area contributed by atoms with Crippen molar-refractivity contribution in [2.45, 2.75) is 59.1 Å². The highest BCUT2D eigenvalue weighted by Crippen LogP contribution is 2.18. The minimum absolute atomic E-state index is 0.0689. The zero-order valence-electron chi connectivity index (χ0n) is 13.6. The van der Waals surface area contributed by atoms with E-state index in [1.165, 1.54) is 0 Å². The lowest BCUT2D eigenvalue weighted by molar-refractivity contribution is 0.189. The molecular formula is C17H28N2O2. The first-order chi connectivity index (χ1) is 9.99. The molecule has 1 rings (SSSR count). The minimum Gasteiger partial charge on any atom is -0.389 e. The molecule has 0 radical (unpaired) electrons. The Bertz CT molecular complexity index is 446. The number of hydrogen-bond donors (Lipinski definition) is 2. The summed E-state index contributed by atoms with van der Waals surface area (Å²) in [5, 5.41) is 12.5. The molecule has 118 valence electrons. The van der Waals surface area contributed by atoms with Gasteiger partial charge in [0.05, 0.1) is 6.10 Å². The van der Waals surface area contributed by atoms with Gasteiger partial charge in [-0.2, -0.15) is 0 Å². The zero-order chi connectivity index (χ0) is 15.8. The lowest BCUT2D eigenvalue weighted by Crippen LogP contribution is -2.41. The molecule has 0 heterocycles. The number of nitrogens with zero attached hydrogens (tertiary/aromatic N) is 1. The lowest BCUT2D eigenvalue weighted by Gasteiger charge is -2.28. The summed E-state index contributed by atoms with van der Waals surface area (Å²) in [5.74, 6) is 0. The molecule has 2 N–H and O–H groups in total. The van der Waals surface area contributed by atoms with Gasteiger partial charge in [0.2, 0.25) is 0 Å². The molecular weight excluding hydrogens is 264 g/mol. The van der Waals surface area contributed by atoms with Gasteiger partial charge in [-0.25, -0.2) is 4.79 Å². The third-order valence-electron chi connectivity index (χ3n) is 3.76. The summed E-state index contributed by atoms with van der Waals surface area (Å²) in [6, 6.07) is 7.51. The van der Waals surface area contributed by atoms with Gasteiger partial charge in [0, 0.05) is 18.3 Å². The Morgan fingerprint density at radius 1 is 1.33 bits per heavy atom. The number of anilines is 1. The molecule has 0 spiro atoms. The van der Waals surface area contributed by atoms with E-state index in [-0.39, 0.29) is 12.1 Å². The molecule has 1 aromatic carbocycles. The van der Waals surface area contributed by atoms with Gasteiger partial charge in [-0.15, -0.1) is 0 Å². The molecule has 2 atom stereocenters. The van der Waals surface area contributed by atoms with Crippen LogP contribution in [-0.2, 0) is 0 Å². The first-order valence-electron chi connectivity index (χ1n) is 7.85. The fraction of sp³-hybridized carbons (Fsp3) is 0.588. The molecule has 0 bridgehead atoms. The Morgan fingerprint density at radius 3 is 2.62 bits per heavy atom. The van der Waals surface area contributed by atoms with E-state index in [1.807, 2.05) is 29.2 Å². The number of nitrogens with one attached hydrogen (secondary N) is 1. The van der Waals surface area contributed by atoms with Crippen LogP contribution in [0.25, 0.3) is 0 Å². The number of aliphatic hydroxyl groups is 1. The molecule has 2 amide bonds. The van der Waals surface area contributed by atoms with Crippen molar-refractivity contribution in [3.05, 3.63) is 29.8 Å². The van der Waals surface area contributed by atoms with Crippen LogP contribution in [0.4, 0.5) is 10.5 Å². The number of hydrogen-bond acceptors (Lipinski definition) is 2. The average Bonchev–Trinajstić information content (AvgIpc) is 2.47. The van der Waals surface area contributed by atoms with Crippen LogP contribution in [0.15, 0.2) is 24.3 Å². The monoisotopic (exact) mass is 292 g/mol. The van der Waals surface area contributed by atoms with Crippen molar-refractivity contribution in [1.82, 2.24) is 4.90 Å². The average molecular weight is 292 g/mol. The maximum atomic E-state index is 12.5. The van der Waals surface area contributed by atoms with Crippen molar-refractivity contribution in [2.24, 2.45) is 0 Å². The van der Waals surface area contributed by atoms with Crippen LogP contribution in [0.3, 0.4) is 0 Å². The standard InChI is InChI=1S/C17H28N2O2/c1-5-7-11-19(13(3)6-2)17(21)18-16-10-8-9-15(12-16)14(4)20/h8-10,12-14,20H,5-7,11H2,1-4H3,(H,18,21). The SMILES string of the molecule is CCCCN(C(=O)Nc1cccc(C(C)O)c1)C(C)CC. The summed E-state index contributed by atoms with van der Waals surface area (Å²) in [4.78, 5) is 14.3. The maximum Gasteiger partial charge on any atom is 0.322 e. The fourth-order valence-corrected chi connectivity index (χ4v) is 2.14. The van der Waals surface area contributed by atoms with Crippen LogP contribution in [0.2, 0.25) is 0 Å². The van der Waals surface area contributed by atoms with Gasteiger partial charge in [0.1, 0.15) is 0 Å². The minimum atomic E-state index is -0.535. The first-order valence-corrected chi connectivity index (χ1v) is 7.85. The van der Waals surface area contributed by atoms with Crippen LogP contribution in [-0.4, -0.2) is 28.6 Å². The highest BCUT2D eigenvalue weighted by molar-refractivity contribution is 5.89. The van der Waals surface area contributed by atoms with Crippen molar-refractivity contribution in [2.75, 3.05) is 11.9 Å². The summed E-state index contributed by atoms with van der Waals surface area (Å²) in [6.07, 6.45) is 2.47. The van der Waals surface area contributed by atoms with Gasteiger partial charge in [-0.3, -0.25) is 0 Å². The molecule has 0 aliphatic heterocycles. The molecule has 0 aliphatic rings. The van der Waals surface area contributed by atoms with Crippen molar-refractivity contribution < 1.29 is 9.90 Å². The van der Waals surface area contributed by atoms with Crippen molar-refractivity contribution >= 4 is 11.7 Å². The van der Waals surface area contributed by atoms with Crippen molar-refractivity contribution in [1.29, 1.82) is 0 Å². The highest BCUT2D eigenvalue weighted by atomic mass is 16.3. The molecule has 0 saturated heterocycles. The summed E-state index contributed by atoms with van der Waals surface area (Å²) in [6.45, 7) is 8.77. The first kappa shape index (κ1) is 17.5. The molecule has 2 unspecified atom stereocenters. The number of aliphatic hydroxyl groups excluding tert-OH is 1. The Kier molecular flexibility index (Phi) is 7.23. The third kappa shape index (κ3) is 5.38. The van der Waals surface area contributed by atoms with Gasteiger partial charge in [-0.1, -0.05) is 32.4 Å². The summed E-state index contributed by atoms with van der Waals surface area (Å²) in [7, 11) is 0. The normalized spacial score (nSPS) is 13.6. The van der Waals surface area contributed by atoms with Gasteiger partial charge in [0.15, 0.2) is 0 Å². The van der Waals surface area contributed by atoms with Crippen LogP contribution in [0.1, 0.15) is 58.6 Å². The van der Waals surface area contributed by atoms with E-state index in [2.05, 4.69) is 26.1 Å². The van der Waals surface area contributed by atoms with Crippen LogP contribution >= 0.6 is 0 Å². The molecule has 4 nitrogen and oxygen atoms in total. The van der Waals surface area contributed by atoms with Gasteiger partial charge in [-0.05, 0) is 44.4 Å². The van der Waals surface area contributed by atoms with E-state index in [1.54, 1.807) is 6.92 Å². The second kappa shape index (κ2) is 8.67. The summed E-state index contributed by atoms with van der Waals surface area (Å²) in [5.41, 5.74) is 1.53. The Labute approximate surface area is 128 Å². The number of amides is 2. The number of carbonyl (C=O) groups excluding carboxylic acids is 1. The summed E-state index contributed by atoms with van der Waals surface area (Å²) >= 11 is 0. The van der Waals surface area contributed by atoms with Crippen molar-refractivity contribution in [3.8, 4) is 0 Å². The number of benzene rings is 1. The molecule has 0 saturated carbocycles. The molecule has 0 fully saturated rings. The Balaban J connectivity index is 2.78. The predicted octanol–water partition coefficient (Wildman–Crippen LogP) is 4.17. The molecule has 0 aromatic heterocycles. The van der Waals surface area contributed by atoms with Crippen LogP contribution in [0.5, 0.6) is 0 Å². The quantitative estimate of drug-likeness (QED) is 0.792. The molecule has 1 aromatic rings. The van der Waals surface area contributed by atoms with E-state index in [0.717, 1.165) is 37.1 Å². The second-order valence-electron chi connectivity index (χ2n) is 5.54. The van der Waals surface area contributed by atoms with Crippen molar-refractivity contribution in [3.63, 3.8) is 0 Å². The van der Waals surface area contributed by atoms with Gasteiger partial charge in [0.25, 0.3) is 0 Å². The predicted molar refractivity (Wildman–Crippen MR) is 87.5 cm³/mol. The van der Waals surface area contributed by atoms with Crippen LogP contribution in [0, 0.1) is 0 Å². The van der Waals surface area contributed by atoms with Gasteiger partial charge < -0.3 is 15.3 Å². The van der Waals surface area contributed by atoms with Crippen LogP contribution < -0.4 is 5.32 Å². The van der Waals surface area contributed by atoms with Gasteiger partial charge >= 0.3 is 6.03 Å². The maximum absolute atomic E-state index is 12.5. The highest BCUT2D eigenvalue weighted by Gasteiger charge is 2.18. The molecule has 4 heteroatoms. The fourth-order valence-electron chi connectivity index (χ4n) is 2.14. The molecule has 0 aliphatic carbocycles. The Hall–Kier alpha value is -1.55. The number of unbranched alkanes of at least 4 members (excludes halogenated alkanes) is 1. The number of carbonyl (C=O) groups is 1. The van der Waals surface area contributed by atoms with E-state index in [9.17, 15) is 9.90 Å². The molecule has 21 heavy (non-hydrogen) atoms. The topological polar surface area (TPSA) is 52.6 Å². The number of rotatable bonds is 7. The smallest absolute Gasteiger partial charge is 0.322 e. The third-order valence-corrected chi connectivity index (χ3v) is 3.76. The summed E-state index contributed by atoms with van der Waals surface area (Å²) < 4.78 is 0. The van der Waals surface area contributed by atoms with E-state index in [4.69, 9.17) is 0 Å². The largest absolute Gasteiger partial charge is 0.389 e. The lowest BCUT2D eigenvalue weighted by atomic mass is 10.1. The van der Waals surface area contributed by atoms with E-state index < -0.39 is 6.10 Å².